The van der Waals surface area contributed by atoms with E-state index in [4.69, 9.17) is 37.0 Å². The summed E-state index contributed by atoms with van der Waals surface area (Å²) >= 11 is 0. The van der Waals surface area contributed by atoms with E-state index in [1.165, 1.54) is 0 Å². The third-order valence-electron chi connectivity index (χ3n) is 14.2. The summed E-state index contributed by atoms with van der Waals surface area (Å²) in [5, 5.41) is 9.97. The van der Waals surface area contributed by atoms with Crippen LogP contribution in [0.15, 0.2) is 222 Å². The zero-order chi connectivity index (χ0) is 46.3. The molecule has 8 nitrogen and oxygen atoms in total. The fourth-order valence-electron chi connectivity index (χ4n) is 10.9. The Morgan fingerprint density at radius 2 is 0.535 bits per heavy atom. The average Bonchev–Trinajstić information content (AvgIpc) is 4.25. The lowest BCUT2D eigenvalue weighted by Gasteiger charge is -2.11. The Labute approximate surface area is 401 Å². The highest BCUT2D eigenvalue weighted by molar-refractivity contribution is 6.16. The first kappa shape index (κ1) is 38.2. The van der Waals surface area contributed by atoms with Crippen LogP contribution in [0.4, 0.5) is 0 Å². The van der Waals surface area contributed by atoms with E-state index in [2.05, 4.69) is 103 Å². The van der Waals surface area contributed by atoms with Crippen molar-refractivity contribution in [2.75, 3.05) is 0 Å². The molecule has 6 heterocycles. The van der Waals surface area contributed by atoms with Gasteiger partial charge in [-0.05, 0) is 107 Å². The SMILES string of the molecule is c1ccc2c(c1)oc1cc(-c3ccc4oc5cccc(-c6nc(-c7cccc8oc9ccccc9c78)nc(-c7cccc8oc9ccc(-c%10ccc%11oc%12ccccc%12c%11c%10)cc9c78)n6)c5c4c3)ccc12. The first-order valence-corrected chi connectivity index (χ1v) is 23.5. The van der Waals surface area contributed by atoms with Gasteiger partial charge in [-0.25, -0.2) is 15.0 Å². The van der Waals surface area contributed by atoms with Gasteiger partial charge in [0.15, 0.2) is 17.5 Å². The smallest absolute Gasteiger partial charge is 0.164 e. The van der Waals surface area contributed by atoms with E-state index in [0.29, 0.717) is 17.5 Å². The fraction of sp³-hybridized carbons (Fsp3) is 0. The van der Waals surface area contributed by atoms with Gasteiger partial charge in [-0.15, -0.1) is 0 Å². The standard InChI is InChI=1S/C63H33N3O5/c1-4-16-48-38(10-1)40-26-22-37(33-57(40)71-48)36-25-29-53-47(32-36)60-44(15-9-21-56(60)70-53)63-65-61(42-13-7-19-54-58(42)41-12-3-6-18-50(41)68-54)64-62(66-63)43-14-8-20-55-59(43)46-31-35(24-28-52(46)69-55)34-23-27-51-45(30-34)39-11-2-5-17-49(39)67-51/h1-33H. The van der Waals surface area contributed by atoms with Crippen molar-refractivity contribution < 1.29 is 22.1 Å². The number of rotatable bonds is 5. The van der Waals surface area contributed by atoms with Gasteiger partial charge in [0.2, 0.25) is 0 Å². The number of hydrogen-bond donors (Lipinski definition) is 0. The Morgan fingerprint density at radius 3 is 1.06 bits per heavy atom. The Bertz CT molecular complexity index is 4910. The van der Waals surface area contributed by atoms with Crippen molar-refractivity contribution >= 4 is 110 Å². The third kappa shape index (κ3) is 5.70. The van der Waals surface area contributed by atoms with E-state index in [1.807, 2.05) is 97.1 Å². The van der Waals surface area contributed by atoms with Crippen LogP contribution in [0.3, 0.4) is 0 Å². The topological polar surface area (TPSA) is 104 Å². The van der Waals surface area contributed by atoms with Crippen molar-refractivity contribution in [2.24, 2.45) is 0 Å². The van der Waals surface area contributed by atoms with E-state index < -0.39 is 0 Å². The third-order valence-corrected chi connectivity index (χ3v) is 14.2. The van der Waals surface area contributed by atoms with Crippen LogP contribution >= 0.6 is 0 Å². The molecule has 0 N–H and O–H groups in total. The van der Waals surface area contributed by atoms with E-state index in [-0.39, 0.29) is 0 Å². The van der Waals surface area contributed by atoms with Crippen molar-refractivity contribution in [1.29, 1.82) is 0 Å². The lowest BCUT2D eigenvalue weighted by atomic mass is 9.99. The molecule has 10 aromatic carbocycles. The second kappa shape index (κ2) is 14.4. The summed E-state index contributed by atoms with van der Waals surface area (Å²) in [7, 11) is 0. The van der Waals surface area contributed by atoms with E-state index in [0.717, 1.165) is 149 Å². The average molecular weight is 912 g/mol. The van der Waals surface area contributed by atoms with Gasteiger partial charge in [0.1, 0.15) is 55.8 Å². The van der Waals surface area contributed by atoms with Gasteiger partial charge in [0, 0.05) is 70.6 Å². The first-order valence-electron chi connectivity index (χ1n) is 23.5. The molecule has 16 aromatic rings. The molecule has 0 amide bonds. The van der Waals surface area contributed by atoms with Crippen LogP contribution in [0.25, 0.3) is 166 Å². The van der Waals surface area contributed by atoms with Gasteiger partial charge >= 0.3 is 0 Å². The number of furan rings is 5. The molecular formula is C63H33N3O5. The van der Waals surface area contributed by atoms with Gasteiger partial charge < -0.3 is 22.1 Å². The van der Waals surface area contributed by atoms with E-state index in [9.17, 15) is 0 Å². The van der Waals surface area contributed by atoms with E-state index in [1.54, 1.807) is 0 Å². The molecule has 0 bridgehead atoms. The number of fused-ring (bicyclic) bond motifs is 15. The zero-order valence-corrected chi connectivity index (χ0v) is 37.4. The Morgan fingerprint density at radius 1 is 0.211 bits per heavy atom. The van der Waals surface area contributed by atoms with Crippen LogP contribution in [0.2, 0.25) is 0 Å². The molecule has 16 rings (SSSR count). The summed E-state index contributed by atoms with van der Waals surface area (Å²) in [6.45, 7) is 0. The monoisotopic (exact) mass is 911 g/mol. The van der Waals surface area contributed by atoms with Gasteiger partial charge in [0.25, 0.3) is 0 Å². The molecule has 8 heteroatoms. The lowest BCUT2D eigenvalue weighted by molar-refractivity contribution is 0.668. The van der Waals surface area contributed by atoms with Gasteiger partial charge in [-0.3, -0.25) is 0 Å². The van der Waals surface area contributed by atoms with E-state index >= 15 is 0 Å². The summed E-state index contributed by atoms with van der Waals surface area (Å²) in [6, 6.07) is 68.1. The van der Waals surface area contributed by atoms with Gasteiger partial charge in [0.05, 0.1) is 0 Å². The maximum atomic E-state index is 6.61. The molecule has 0 aliphatic rings. The number of hydrogen-bond acceptors (Lipinski definition) is 8. The molecule has 0 fully saturated rings. The molecular weight excluding hydrogens is 879 g/mol. The molecule has 6 aromatic heterocycles. The highest BCUT2D eigenvalue weighted by Gasteiger charge is 2.23. The molecule has 0 radical (unpaired) electrons. The van der Waals surface area contributed by atoms with Crippen molar-refractivity contribution in [1.82, 2.24) is 15.0 Å². The normalized spacial score (nSPS) is 12.2. The largest absolute Gasteiger partial charge is 0.456 e. The number of para-hydroxylation sites is 3. The highest BCUT2D eigenvalue weighted by Crippen LogP contribution is 2.44. The second-order valence-electron chi connectivity index (χ2n) is 18.2. The van der Waals surface area contributed by atoms with Gasteiger partial charge in [-0.1, -0.05) is 115 Å². The van der Waals surface area contributed by atoms with Crippen LogP contribution in [0, 0.1) is 0 Å². The van der Waals surface area contributed by atoms with Gasteiger partial charge in [-0.2, -0.15) is 0 Å². The molecule has 0 atom stereocenters. The highest BCUT2D eigenvalue weighted by atomic mass is 16.3. The fourth-order valence-corrected chi connectivity index (χ4v) is 10.9. The lowest BCUT2D eigenvalue weighted by Crippen LogP contribution is -2.01. The van der Waals surface area contributed by atoms with Crippen LogP contribution in [-0.4, -0.2) is 15.0 Å². The Hall–Kier alpha value is -9.79. The van der Waals surface area contributed by atoms with Crippen molar-refractivity contribution in [3.63, 3.8) is 0 Å². The summed E-state index contributed by atoms with van der Waals surface area (Å²) < 4.78 is 32.1. The molecule has 330 valence electrons. The quantitative estimate of drug-likeness (QED) is 0.168. The minimum atomic E-state index is 0.503. The van der Waals surface area contributed by atoms with Crippen LogP contribution < -0.4 is 0 Å². The number of nitrogens with zero attached hydrogens (tertiary/aromatic N) is 3. The molecule has 0 aliphatic heterocycles. The summed E-state index contributed by atoms with van der Waals surface area (Å²) in [6.07, 6.45) is 0. The Balaban J connectivity index is 0.917. The zero-order valence-electron chi connectivity index (χ0n) is 37.4. The van der Waals surface area contributed by atoms with Crippen molar-refractivity contribution in [3.8, 4) is 56.4 Å². The predicted molar refractivity (Wildman–Crippen MR) is 283 cm³/mol. The van der Waals surface area contributed by atoms with Crippen LogP contribution in [0.1, 0.15) is 0 Å². The summed E-state index contributed by atoms with van der Waals surface area (Å²) in [5.74, 6) is 1.52. The minimum absolute atomic E-state index is 0.503. The summed E-state index contributed by atoms with van der Waals surface area (Å²) in [5.41, 5.74) is 14.6. The molecule has 0 spiro atoms. The van der Waals surface area contributed by atoms with Crippen molar-refractivity contribution in [2.45, 2.75) is 0 Å². The first-order chi connectivity index (χ1) is 35.1. The maximum Gasteiger partial charge on any atom is 0.164 e. The number of benzene rings is 10. The molecule has 0 saturated carbocycles. The minimum Gasteiger partial charge on any atom is -0.456 e. The molecule has 71 heavy (non-hydrogen) atoms. The summed E-state index contributed by atoms with van der Waals surface area (Å²) in [4.78, 5) is 16.2. The molecule has 0 aliphatic carbocycles. The van der Waals surface area contributed by atoms with Crippen LogP contribution in [-0.2, 0) is 0 Å². The van der Waals surface area contributed by atoms with Crippen LogP contribution in [0.5, 0.6) is 0 Å². The maximum absolute atomic E-state index is 6.61. The molecule has 0 unspecified atom stereocenters. The predicted octanol–water partition coefficient (Wildman–Crippen LogP) is 17.7. The second-order valence-corrected chi connectivity index (χ2v) is 18.2. The number of aromatic nitrogens is 3. The van der Waals surface area contributed by atoms with Crippen molar-refractivity contribution in [3.05, 3.63) is 200 Å². The molecule has 0 saturated heterocycles. The Kier molecular flexibility index (Phi) is 7.73.